The first kappa shape index (κ1) is 17.6. The van der Waals surface area contributed by atoms with Gasteiger partial charge < -0.3 is 14.5 Å². The number of benzene rings is 2. The number of rotatable bonds is 5. The van der Waals surface area contributed by atoms with E-state index < -0.39 is 28.8 Å². The highest BCUT2D eigenvalue weighted by Gasteiger charge is 2.21. The van der Waals surface area contributed by atoms with Crippen molar-refractivity contribution in [2.75, 3.05) is 6.61 Å². The molecule has 3 rings (SSSR count). The molecule has 3 aromatic rings. The number of ether oxygens (including phenoxy) is 2. The zero-order chi connectivity index (χ0) is 18.7. The second-order valence-corrected chi connectivity index (χ2v) is 5.45. The van der Waals surface area contributed by atoms with E-state index in [0.717, 1.165) is 17.8 Å². The summed E-state index contributed by atoms with van der Waals surface area (Å²) in [6.45, 7) is 1.66. The number of fused-ring (bicyclic) bond motifs is 1. The number of nitrogens with one attached hydrogen (secondary N) is 1. The zero-order valence-corrected chi connectivity index (χ0v) is 13.8. The van der Waals surface area contributed by atoms with E-state index >= 15 is 0 Å². The van der Waals surface area contributed by atoms with Crippen molar-refractivity contribution >= 4 is 16.9 Å². The lowest BCUT2D eigenvalue weighted by atomic mass is 10.1. The van der Waals surface area contributed by atoms with Gasteiger partial charge in [0.15, 0.2) is 11.6 Å². The van der Waals surface area contributed by atoms with Crippen LogP contribution >= 0.6 is 0 Å². The molecule has 1 N–H and O–H groups in total. The molecule has 26 heavy (non-hydrogen) atoms. The molecule has 5 nitrogen and oxygen atoms in total. The van der Waals surface area contributed by atoms with Crippen molar-refractivity contribution in [3.63, 3.8) is 0 Å². The van der Waals surface area contributed by atoms with Gasteiger partial charge in [-0.2, -0.15) is 4.39 Å². The molecule has 0 saturated carbocycles. The molecular formula is C19H15F2NO4. The van der Waals surface area contributed by atoms with Gasteiger partial charge in [-0.05, 0) is 18.6 Å². The van der Waals surface area contributed by atoms with Crippen LogP contribution in [0.4, 0.5) is 8.78 Å². The van der Waals surface area contributed by atoms with E-state index in [0.29, 0.717) is 0 Å². The van der Waals surface area contributed by atoms with E-state index in [4.69, 9.17) is 9.47 Å². The molecule has 1 heterocycles. The Morgan fingerprint density at radius 1 is 1.19 bits per heavy atom. The third-order valence-corrected chi connectivity index (χ3v) is 3.75. The molecule has 2 aromatic carbocycles. The van der Waals surface area contributed by atoms with E-state index in [1.807, 2.05) is 6.07 Å². The molecule has 0 amide bonds. The minimum Gasteiger partial charge on any atom is -0.483 e. The van der Waals surface area contributed by atoms with Crippen molar-refractivity contribution in [2.45, 2.75) is 13.5 Å². The Labute approximate surface area is 147 Å². The summed E-state index contributed by atoms with van der Waals surface area (Å²) >= 11 is 0. The number of aromatic amines is 1. The van der Waals surface area contributed by atoms with Crippen LogP contribution in [-0.4, -0.2) is 17.6 Å². The van der Waals surface area contributed by atoms with Crippen LogP contribution in [0.5, 0.6) is 5.75 Å². The summed E-state index contributed by atoms with van der Waals surface area (Å²) in [5.41, 5.74) is -0.340. The summed E-state index contributed by atoms with van der Waals surface area (Å²) in [7, 11) is 0. The first-order chi connectivity index (χ1) is 12.5. The highest BCUT2D eigenvalue weighted by molar-refractivity contribution is 5.95. The van der Waals surface area contributed by atoms with Gasteiger partial charge in [-0.1, -0.05) is 30.3 Å². The van der Waals surface area contributed by atoms with Crippen molar-refractivity contribution in [3.8, 4) is 5.75 Å². The minimum absolute atomic E-state index is 0.0159. The van der Waals surface area contributed by atoms with Crippen molar-refractivity contribution < 1.29 is 23.0 Å². The van der Waals surface area contributed by atoms with Gasteiger partial charge in [0.1, 0.15) is 12.2 Å². The second-order valence-electron chi connectivity index (χ2n) is 5.45. The Kier molecular flexibility index (Phi) is 4.97. The molecule has 0 spiro atoms. The largest absolute Gasteiger partial charge is 0.483 e. The van der Waals surface area contributed by atoms with Gasteiger partial charge in [0, 0.05) is 6.20 Å². The van der Waals surface area contributed by atoms with Crippen molar-refractivity contribution in [2.24, 2.45) is 0 Å². The number of esters is 1. The summed E-state index contributed by atoms with van der Waals surface area (Å²) in [6.07, 6.45) is 1.11. The molecule has 0 bridgehead atoms. The normalized spacial score (nSPS) is 10.7. The van der Waals surface area contributed by atoms with Gasteiger partial charge in [-0.3, -0.25) is 4.79 Å². The number of carbonyl (C=O) groups is 1. The Morgan fingerprint density at radius 3 is 2.62 bits per heavy atom. The molecule has 0 fully saturated rings. The predicted molar refractivity (Wildman–Crippen MR) is 91.2 cm³/mol. The maximum absolute atomic E-state index is 14.2. The Morgan fingerprint density at radius 2 is 1.92 bits per heavy atom. The molecule has 7 heteroatoms. The van der Waals surface area contributed by atoms with E-state index in [2.05, 4.69) is 4.98 Å². The Bertz CT molecular complexity index is 1020. The quantitative estimate of drug-likeness (QED) is 0.707. The number of carbonyl (C=O) groups excluding carboxylic acids is 1. The fourth-order valence-electron chi connectivity index (χ4n) is 2.51. The average Bonchev–Trinajstić information content (AvgIpc) is 2.64. The zero-order valence-electron chi connectivity index (χ0n) is 13.8. The van der Waals surface area contributed by atoms with Crippen LogP contribution in [0, 0.1) is 11.6 Å². The maximum Gasteiger partial charge on any atom is 0.343 e. The van der Waals surface area contributed by atoms with Crippen LogP contribution in [0.2, 0.25) is 0 Å². The van der Waals surface area contributed by atoms with Crippen LogP contribution in [-0.2, 0) is 11.3 Å². The van der Waals surface area contributed by atoms with E-state index in [1.165, 1.54) is 0 Å². The highest BCUT2D eigenvalue weighted by atomic mass is 19.2. The topological polar surface area (TPSA) is 68.4 Å². The third-order valence-electron chi connectivity index (χ3n) is 3.75. The maximum atomic E-state index is 14.2. The van der Waals surface area contributed by atoms with E-state index in [1.54, 1.807) is 31.2 Å². The van der Waals surface area contributed by atoms with Gasteiger partial charge in [-0.15, -0.1) is 0 Å². The number of aromatic nitrogens is 1. The standard InChI is InChI=1S/C19H15F2NO4/c1-2-25-19(24)13-9-22-16-12(17(13)23)8-14(20)15(21)18(16)26-10-11-6-4-3-5-7-11/h3-9H,2,10H2,1H3,(H,22,23). The monoisotopic (exact) mass is 359 g/mol. The van der Waals surface area contributed by atoms with Crippen molar-refractivity contribution in [3.05, 3.63) is 75.6 Å². The van der Waals surface area contributed by atoms with E-state index in [-0.39, 0.29) is 29.7 Å². The summed E-state index contributed by atoms with van der Waals surface area (Å²) < 4.78 is 38.4. The molecule has 0 aliphatic heterocycles. The molecule has 0 aliphatic rings. The molecule has 0 aliphatic carbocycles. The van der Waals surface area contributed by atoms with Gasteiger partial charge in [0.05, 0.1) is 17.5 Å². The lowest BCUT2D eigenvalue weighted by molar-refractivity contribution is 0.0524. The molecule has 0 radical (unpaired) electrons. The number of hydrogen-bond donors (Lipinski definition) is 1. The molecule has 0 saturated heterocycles. The third kappa shape index (κ3) is 3.28. The number of H-pyrrole nitrogens is 1. The molecule has 1 aromatic heterocycles. The van der Waals surface area contributed by atoms with Crippen molar-refractivity contribution in [1.82, 2.24) is 4.98 Å². The highest BCUT2D eigenvalue weighted by Crippen LogP contribution is 2.29. The lowest BCUT2D eigenvalue weighted by Crippen LogP contribution is -2.19. The van der Waals surface area contributed by atoms with Crippen LogP contribution in [0.1, 0.15) is 22.8 Å². The van der Waals surface area contributed by atoms with Crippen molar-refractivity contribution in [1.29, 1.82) is 0 Å². The van der Waals surface area contributed by atoms with Gasteiger partial charge in [0.25, 0.3) is 0 Å². The minimum atomic E-state index is -1.24. The molecule has 134 valence electrons. The summed E-state index contributed by atoms with van der Waals surface area (Å²) in [4.78, 5) is 26.9. The first-order valence-corrected chi connectivity index (χ1v) is 7.90. The molecular weight excluding hydrogens is 344 g/mol. The van der Waals surface area contributed by atoms with E-state index in [9.17, 15) is 18.4 Å². The second kappa shape index (κ2) is 7.35. The van der Waals surface area contributed by atoms with Crippen LogP contribution < -0.4 is 10.2 Å². The van der Waals surface area contributed by atoms with Crippen LogP contribution in [0.15, 0.2) is 47.4 Å². The summed E-state index contributed by atoms with van der Waals surface area (Å²) in [5.74, 6) is -3.72. The fraction of sp³-hybridized carbons (Fsp3) is 0.158. The summed E-state index contributed by atoms with van der Waals surface area (Å²) in [6, 6.07) is 9.65. The molecule has 0 unspecified atom stereocenters. The number of hydrogen-bond acceptors (Lipinski definition) is 4. The number of pyridine rings is 1. The smallest absolute Gasteiger partial charge is 0.343 e. The Hall–Kier alpha value is -3.22. The fourth-order valence-corrected chi connectivity index (χ4v) is 2.51. The van der Waals surface area contributed by atoms with Gasteiger partial charge >= 0.3 is 5.97 Å². The SMILES string of the molecule is CCOC(=O)c1c[nH]c2c(OCc3ccccc3)c(F)c(F)cc2c1=O. The summed E-state index contributed by atoms with van der Waals surface area (Å²) in [5, 5.41) is -0.197. The average molecular weight is 359 g/mol. The first-order valence-electron chi connectivity index (χ1n) is 7.90. The van der Waals surface area contributed by atoms with Crippen LogP contribution in [0.3, 0.4) is 0 Å². The Balaban J connectivity index is 2.08. The molecule has 0 atom stereocenters. The van der Waals surface area contributed by atoms with Crippen LogP contribution in [0.25, 0.3) is 10.9 Å². The predicted octanol–water partition coefficient (Wildman–Crippen LogP) is 3.56. The number of halogens is 2. The van der Waals surface area contributed by atoms with Gasteiger partial charge in [0.2, 0.25) is 11.2 Å². The van der Waals surface area contributed by atoms with Gasteiger partial charge in [-0.25, -0.2) is 9.18 Å². The lowest BCUT2D eigenvalue weighted by Gasteiger charge is -2.12.